The molecule has 0 saturated heterocycles. The standard InChI is InChI=1S/C11H13BrFNO.ClH/c12-7-2-1-3-8(13)9(7)10(14)11(15)6-4-5-6;/h1-3,6,10-11,15H,4-5,14H2;1H/t10-,11+;/m1./s1. The number of aliphatic hydroxyl groups excluding tert-OH is 1. The average Bonchev–Trinajstić information content (AvgIpc) is 2.99. The third-order valence-corrected chi connectivity index (χ3v) is 3.50. The van der Waals surface area contributed by atoms with Crippen molar-refractivity contribution in [3.05, 3.63) is 34.1 Å². The van der Waals surface area contributed by atoms with Gasteiger partial charge in [0.25, 0.3) is 0 Å². The van der Waals surface area contributed by atoms with Crippen LogP contribution in [0.3, 0.4) is 0 Å². The summed E-state index contributed by atoms with van der Waals surface area (Å²) in [6.07, 6.45) is 1.33. The molecule has 3 N–H and O–H groups in total. The zero-order valence-electron chi connectivity index (χ0n) is 8.57. The largest absolute Gasteiger partial charge is 0.391 e. The molecule has 0 aliphatic heterocycles. The van der Waals surface area contributed by atoms with Gasteiger partial charge in [0.05, 0.1) is 12.1 Å². The Morgan fingerprint density at radius 3 is 2.56 bits per heavy atom. The molecule has 0 heterocycles. The van der Waals surface area contributed by atoms with Crippen LogP contribution in [0.1, 0.15) is 24.4 Å². The fourth-order valence-corrected chi connectivity index (χ4v) is 2.34. The SMILES string of the molecule is Cl.N[C@H](c1c(F)cccc1Br)[C@@H](O)C1CC1. The molecule has 1 aliphatic rings. The molecule has 1 saturated carbocycles. The Kier molecular flexibility index (Phi) is 4.73. The van der Waals surface area contributed by atoms with Crippen molar-refractivity contribution in [2.24, 2.45) is 11.7 Å². The van der Waals surface area contributed by atoms with E-state index in [2.05, 4.69) is 15.9 Å². The van der Waals surface area contributed by atoms with Crippen molar-refractivity contribution < 1.29 is 9.50 Å². The summed E-state index contributed by atoms with van der Waals surface area (Å²) in [5, 5.41) is 9.85. The van der Waals surface area contributed by atoms with Crippen LogP contribution >= 0.6 is 28.3 Å². The van der Waals surface area contributed by atoms with Crippen LogP contribution in [-0.2, 0) is 0 Å². The van der Waals surface area contributed by atoms with E-state index in [1.807, 2.05) is 0 Å². The maximum atomic E-state index is 13.5. The van der Waals surface area contributed by atoms with Crippen LogP contribution in [0, 0.1) is 11.7 Å². The van der Waals surface area contributed by atoms with Gasteiger partial charge < -0.3 is 10.8 Å². The Morgan fingerprint density at radius 1 is 1.44 bits per heavy atom. The number of hydrogen-bond donors (Lipinski definition) is 2. The predicted octanol–water partition coefficient (Wildman–Crippen LogP) is 2.78. The molecule has 90 valence electrons. The molecule has 0 aromatic heterocycles. The fraction of sp³-hybridized carbons (Fsp3) is 0.455. The van der Waals surface area contributed by atoms with Gasteiger partial charge in [-0.3, -0.25) is 0 Å². The van der Waals surface area contributed by atoms with Gasteiger partial charge in [0.15, 0.2) is 0 Å². The zero-order chi connectivity index (χ0) is 11.0. The van der Waals surface area contributed by atoms with Crippen LogP contribution in [0.5, 0.6) is 0 Å². The molecule has 1 fully saturated rings. The summed E-state index contributed by atoms with van der Waals surface area (Å²) in [6, 6.07) is 4.06. The van der Waals surface area contributed by atoms with Crippen LogP contribution in [0.2, 0.25) is 0 Å². The van der Waals surface area contributed by atoms with E-state index in [1.54, 1.807) is 12.1 Å². The number of hydrogen-bond acceptors (Lipinski definition) is 2. The molecule has 1 aromatic rings. The molecule has 2 atom stereocenters. The van der Waals surface area contributed by atoms with Crippen molar-refractivity contribution in [3.8, 4) is 0 Å². The van der Waals surface area contributed by atoms with Crippen LogP contribution in [0.4, 0.5) is 4.39 Å². The van der Waals surface area contributed by atoms with Gasteiger partial charge in [0, 0.05) is 10.0 Å². The highest BCUT2D eigenvalue weighted by Crippen LogP contribution is 2.39. The molecule has 1 aliphatic carbocycles. The Balaban J connectivity index is 0.00000128. The lowest BCUT2D eigenvalue weighted by Gasteiger charge is -2.20. The van der Waals surface area contributed by atoms with Gasteiger partial charge in [0.2, 0.25) is 0 Å². The van der Waals surface area contributed by atoms with Crippen molar-refractivity contribution in [2.45, 2.75) is 25.0 Å². The van der Waals surface area contributed by atoms with E-state index in [1.165, 1.54) is 6.07 Å². The minimum Gasteiger partial charge on any atom is -0.391 e. The summed E-state index contributed by atoms with van der Waals surface area (Å²) in [5.41, 5.74) is 6.23. The van der Waals surface area contributed by atoms with Gasteiger partial charge in [0.1, 0.15) is 5.82 Å². The van der Waals surface area contributed by atoms with Crippen molar-refractivity contribution in [3.63, 3.8) is 0 Å². The van der Waals surface area contributed by atoms with E-state index in [4.69, 9.17) is 5.73 Å². The van der Waals surface area contributed by atoms with E-state index < -0.39 is 12.1 Å². The van der Waals surface area contributed by atoms with Gasteiger partial charge in [-0.1, -0.05) is 22.0 Å². The average molecular weight is 311 g/mol. The highest BCUT2D eigenvalue weighted by molar-refractivity contribution is 9.10. The summed E-state index contributed by atoms with van der Waals surface area (Å²) >= 11 is 3.25. The highest BCUT2D eigenvalue weighted by atomic mass is 79.9. The Bertz CT molecular complexity index is 353. The van der Waals surface area contributed by atoms with Crippen LogP contribution in [0.15, 0.2) is 22.7 Å². The van der Waals surface area contributed by atoms with Gasteiger partial charge in [-0.25, -0.2) is 4.39 Å². The first-order valence-electron chi connectivity index (χ1n) is 4.99. The first-order valence-corrected chi connectivity index (χ1v) is 5.78. The minimum atomic E-state index is -0.645. The number of halogens is 3. The molecular weight excluding hydrogens is 296 g/mol. The van der Waals surface area contributed by atoms with E-state index in [-0.39, 0.29) is 24.1 Å². The van der Waals surface area contributed by atoms with Crippen molar-refractivity contribution in [2.75, 3.05) is 0 Å². The third kappa shape index (κ3) is 2.74. The summed E-state index contributed by atoms with van der Waals surface area (Å²) < 4.78 is 14.1. The van der Waals surface area contributed by atoms with Gasteiger partial charge in [-0.05, 0) is 30.9 Å². The van der Waals surface area contributed by atoms with Gasteiger partial charge >= 0.3 is 0 Å². The fourth-order valence-electron chi connectivity index (χ4n) is 1.73. The lowest BCUT2D eigenvalue weighted by Crippen LogP contribution is -2.29. The minimum absolute atomic E-state index is 0. The number of benzene rings is 1. The second-order valence-electron chi connectivity index (χ2n) is 3.99. The topological polar surface area (TPSA) is 46.2 Å². The lowest BCUT2D eigenvalue weighted by atomic mass is 9.99. The number of aliphatic hydroxyl groups is 1. The Hall–Kier alpha value is -0.160. The normalized spacial score (nSPS) is 18.8. The molecule has 0 bridgehead atoms. The summed E-state index contributed by atoms with van der Waals surface area (Å²) in [6.45, 7) is 0. The lowest BCUT2D eigenvalue weighted by molar-refractivity contribution is 0.120. The molecular formula is C11H14BrClFNO. The molecule has 0 amide bonds. The molecule has 1 aromatic carbocycles. The predicted molar refractivity (Wildman–Crippen MR) is 67.0 cm³/mol. The second kappa shape index (κ2) is 5.45. The smallest absolute Gasteiger partial charge is 0.129 e. The maximum Gasteiger partial charge on any atom is 0.129 e. The third-order valence-electron chi connectivity index (χ3n) is 2.81. The second-order valence-corrected chi connectivity index (χ2v) is 4.84. The van der Waals surface area contributed by atoms with Crippen molar-refractivity contribution in [1.29, 1.82) is 0 Å². The monoisotopic (exact) mass is 309 g/mol. The summed E-state index contributed by atoms with van der Waals surface area (Å²) in [4.78, 5) is 0. The molecule has 5 heteroatoms. The molecule has 2 rings (SSSR count). The van der Waals surface area contributed by atoms with Gasteiger partial charge in [-0.2, -0.15) is 0 Å². The molecule has 0 spiro atoms. The maximum absolute atomic E-state index is 13.5. The van der Waals surface area contributed by atoms with Crippen LogP contribution < -0.4 is 5.73 Å². The molecule has 0 unspecified atom stereocenters. The molecule has 0 radical (unpaired) electrons. The quantitative estimate of drug-likeness (QED) is 0.902. The van der Waals surface area contributed by atoms with Crippen molar-refractivity contribution in [1.82, 2.24) is 0 Å². The van der Waals surface area contributed by atoms with E-state index in [0.29, 0.717) is 10.0 Å². The van der Waals surface area contributed by atoms with Crippen LogP contribution in [-0.4, -0.2) is 11.2 Å². The highest BCUT2D eigenvalue weighted by Gasteiger charge is 2.35. The summed E-state index contributed by atoms with van der Waals surface area (Å²) in [7, 11) is 0. The zero-order valence-corrected chi connectivity index (χ0v) is 11.0. The first-order chi connectivity index (χ1) is 7.11. The Labute approximate surface area is 109 Å². The number of rotatable bonds is 3. The first kappa shape index (κ1) is 13.9. The van der Waals surface area contributed by atoms with Crippen LogP contribution in [0.25, 0.3) is 0 Å². The molecule has 16 heavy (non-hydrogen) atoms. The number of nitrogens with two attached hydrogens (primary N) is 1. The van der Waals surface area contributed by atoms with Crippen molar-refractivity contribution >= 4 is 28.3 Å². The van der Waals surface area contributed by atoms with E-state index >= 15 is 0 Å². The van der Waals surface area contributed by atoms with E-state index in [0.717, 1.165) is 12.8 Å². The molecule has 2 nitrogen and oxygen atoms in total. The Morgan fingerprint density at radius 2 is 2.06 bits per heavy atom. The van der Waals surface area contributed by atoms with Gasteiger partial charge in [-0.15, -0.1) is 12.4 Å². The van der Waals surface area contributed by atoms with E-state index in [9.17, 15) is 9.50 Å². The summed E-state index contributed by atoms with van der Waals surface area (Å²) in [5.74, 6) is -0.122.